The molecule has 0 aliphatic rings. The first kappa shape index (κ1) is 15.5. The number of unbranched alkanes of at least 4 members (excludes halogenated alkanes) is 1. The van der Waals surface area contributed by atoms with Gasteiger partial charge in [0.25, 0.3) is 0 Å². The smallest absolute Gasteiger partial charge is 0.169 e. The van der Waals surface area contributed by atoms with Gasteiger partial charge in [0.15, 0.2) is 11.6 Å². The van der Waals surface area contributed by atoms with E-state index < -0.39 is 0 Å². The van der Waals surface area contributed by atoms with Crippen molar-refractivity contribution in [2.45, 2.75) is 18.6 Å². The minimum absolute atomic E-state index is 0.150. The van der Waals surface area contributed by atoms with Gasteiger partial charge in [0.1, 0.15) is 5.15 Å². The molecule has 0 aliphatic carbocycles. The number of anilines is 1. The van der Waals surface area contributed by atoms with Crippen LogP contribution < -0.4 is 4.90 Å². The molecule has 0 bridgehead atoms. The van der Waals surface area contributed by atoms with Crippen molar-refractivity contribution in [1.82, 2.24) is 4.98 Å². The van der Waals surface area contributed by atoms with E-state index in [4.69, 9.17) is 16.7 Å². The van der Waals surface area contributed by atoms with Crippen LogP contribution in [0, 0.1) is 5.82 Å². The lowest BCUT2D eigenvalue weighted by molar-refractivity contribution is 0.285. The van der Waals surface area contributed by atoms with Crippen LogP contribution in [0.5, 0.6) is 0 Å². The Hall–Kier alpha value is -0.520. The zero-order chi connectivity index (χ0) is 13.5. The Morgan fingerprint density at radius 2 is 2.22 bits per heavy atom. The summed E-state index contributed by atoms with van der Waals surface area (Å²) in [5, 5.41) is 9.04. The highest BCUT2D eigenvalue weighted by Gasteiger charge is 2.15. The third-order valence-electron chi connectivity index (χ3n) is 2.55. The molecule has 0 radical (unpaired) electrons. The lowest BCUT2D eigenvalue weighted by Crippen LogP contribution is -2.22. The van der Waals surface area contributed by atoms with E-state index in [-0.39, 0.29) is 18.2 Å². The molecule has 1 aromatic heterocycles. The van der Waals surface area contributed by atoms with E-state index in [1.54, 1.807) is 29.8 Å². The molecule has 0 atom stereocenters. The molecule has 0 amide bonds. The molecule has 18 heavy (non-hydrogen) atoms. The third-order valence-corrected chi connectivity index (χ3v) is 3.34. The minimum atomic E-state index is -0.305. The quantitative estimate of drug-likeness (QED) is 0.619. The van der Waals surface area contributed by atoms with E-state index in [1.165, 1.54) is 0 Å². The van der Waals surface area contributed by atoms with Crippen molar-refractivity contribution in [3.63, 3.8) is 0 Å². The molecule has 1 rings (SSSR count). The Kier molecular flexibility index (Phi) is 6.75. The average Bonchev–Trinajstić information content (AvgIpc) is 2.34. The Morgan fingerprint density at radius 1 is 1.50 bits per heavy atom. The van der Waals surface area contributed by atoms with E-state index in [1.807, 2.05) is 6.26 Å². The summed E-state index contributed by atoms with van der Waals surface area (Å²) in [6.07, 6.45) is 3.40. The zero-order valence-electron chi connectivity index (χ0n) is 10.6. The van der Waals surface area contributed by atoms with Crippen LogP contribution in [0.4, 0.5) is 10.2 Å². The first-order valence-corrected chi connectivity index (χ1v) is 7.53. The number of pyridine rings is 1. The van der Waals surface area contributed by atoms with Crippen LogP contribution in [-0.2, 0) is 5.75 Å². The predicted molar refractivity (Wildman–Crippen MR) is 76.0 cm³/mol. The minimum Gasteiger partial charge on any atom is -0.396 e. The number of thioether (sulfide) groups is 1. The summed E-state index contributed by atoms with van der Waals surface area (Å²) in [5.41, 5.74) is 0.575. The number of aliphatic hydroxyl groups excluding tert-OH is 1. The highest BCUT2D eigenvalue weighted by atomic mass is 35.5. The fraction of sp³-hybridized carbons (Fsp3) is 0.583. The van der Waals surface area contributed by atoms with Gasteiger partial charge in [0.2, 0.25) is 0 Å². The molecule has 0 aliphatic heterocycles. The number of nitrogens with zero attached hydrogens (tertiary/aromatic N) is 2. The maximum absolute atomic E-state index is 14.2. The Morgan fingerprint density at radius 3 is 2.83 bits per heavy atom. The van der Waals surface area contributed by atoms with Crippen molar-refractivity contribution in [3.8, 4) is 0 Å². The van der Waals surface area contributed by atoms with Gasteiger partial charge >= 0.3 is 0 Å². The molecule has 0 unspecified atom stereocenters. The summed E-state index contributed by atoms with van der Waals surface area (Å²) in [6, 6.07) is 1.57. The van der Waals surface area contributed by atoms with Gasteiger partial charge < -0.3 is 10.0 Å². The van der Waals surface area contributed by atoms with E-state index in [2.05, 4.69) is 4.98 Å². The summed E-state index contributed by atoms with van der Waals surface area (Å²) in [5.74, 6) is 0.552. The van der Waals surface area contributed by atoms with Crippen molar-refractivity contribution in [2.24, 2.45) is 0 Å². The largest absolute Gasteiger partial charge is 0.396 e. The number of rotatable bonds is 7. The SMILES string of the molecule is CSCc1cc(Cl)nc(N(C)CCCCO)c1F. The van der Waals surface area contributed by atoms with E-state index in [0.717, 1.165) is 6.42 Å². The summed E-state index contributed by atoms with van der Waals surface area (Å²) in [4.78, 5) is 5.78. The lowest BCUT2D eigenvalue weighted by Gasteiger charge is -2.20. The Balaban J connectivity index is 2.86. The van der Waals surface area contributed by atoms with Crippen LogP contribution in [0.2, 0.25) is 5.15 Å². The molecule has 0 aromatic carbocycles. The van der Waals surface area contributed by atoms with Crippen LogP contribution in [0.3, 0.4) is 0 Å². The highest BCUT2D eigenvalue weighted by Crippen LogP contribution is 2.25. The first-order chi connectivity index (χ1) is 8.60. The molecule has 0 saturated heterocycles. The topological polar surface area (TPSA) is 36.4 Å². The first-order valence-electron chi connectivity index (χ1n) is 5.76. The Labute approximate surface area is 116 Å². The van der Waals surface area contributed by atoms with Gasteiger partial charge in [0.05, 0.1) is 0 Å². The number of aliphatic hydroxyl groups is 1. The van der Waals surface area contributed by atoms with Crippen LogP contribution in [-0.4, -0.2) is 36.5 Å². The molecule has 6 heteroatoms. The molecular formula is C12H18ClFN2OS. The van der Waals surface area contributed by atoms with Gasteiger partial charge in [-0.15, -0.1) is 0 Å². The fourth-order valence-corrected chi connectivity index (χ4v) is 2.35. The maximum atomic E-state index is 14.2. The average molecular weight is 293 g/mol. The molecule has 0 fully saturated rings. The number of hydrogen-bond donors (Lipinski definition) is 1. The van der Waals surface area contributed by atoms with Crippen molar-refractivity contribution >= 4 is 29.2 Å². The van der Waals surface area contributed by atoms with Gasteiger partial charge in [-0.1, -0.05) is 11.6 Å². The van der Waals surface area contributed by atoms with Gasteiger partial charge in [-0.05, 0) is 25.2 Å². The van der Waals surface area contributed by atoms with Gasteiger partial charge in [-0.2, -0.15) is 11.8 Å². The predicted octanol–water partition coefficient (Wildman–Crippen LogP) is 2.95. The molecule has 3 nitrogen and oxygen atoms in total. The number of hydrogen-bond acceptors (Lipinski definition) is 4. The lowest BCUT2D eigenvalue weighted by atomic mass is 10.2. The number of halogens is 2. The standard InChI is InChI=1S/C12H18ClFN2OS/c1-16(5-3-4-6-17)12-11(14)9(8-18-2)7-10(13)15-12/h7,17H,3-6,8H2,1-2H3. The van der Waals surface area contributed by atoms with Gasteiger partial charge in [-0.25, -0.2) is 9.37 Å². The van der Waals surface area contributed by atoms with Crippen LogP contribution in [0.1, 0.15) is 18.4 Å². The molecule has 102 valence electrons. The molecule has 0 spiro atoms. The highest BCUT2D eigenvalue weighted by molar-refractivity contribution is 7.97. The van der Waals surface area contributed by atoms with E-state index in [9.17, 15) is 4.39 Å². The number of aromatic nitrogens is 1. The van der Waals surface area contributed by atoms with Crippen LogP contribution >= 0.6 is 23.4 Å². The van der Waals surface area contributed by atoms with Crippen molar-refractivity contribution in [2.75, 3.05) is 31.4 Å². The summed E-state index contributed by atoms with van der Waals surface area (Å²) in [6.45, 7) is 0.792. The molecule has 1 heterocycles. The second-order valence-electron chi connectivity index (χ2n) is 4.03. The van der Waals surface area contributed by atoms with E-state index in [0.29, 0.717) is 29.4 Å². The summed E-state index contributed by atoms with van der Waals surface area (Å²) in [7, 11) is 1.78. The Bertz CT molecular complexity index is 393. The van der Waals surface area contributed by atoms with Crippen LogP contribution in [0.15, 0.2) is 6.07 Å². The summed E-state index contributed by atoms with van der Waals surface area (Å²) < 4.78 is 14.2. The molecular weight excluding hydrogens is 275 g/mol. The second-order valence-corrected chi connectivity index (χ2v) is 5.28. The fourth-order valence-electron chi connectivity index (χ4n) is 1.61. The van der Waals surface area contributed by atoms with Crippen molar-refractivity contribution in [3.05, 3.63) is 22.6 Å². The third kappa shape index (κ3) is 4.30. The second kappa shape index (κ2) is 7.81. The molecule has 1 aromatic rings. The van der Waals surface area contributed by atoms with Gasteiger partial charge in [0, 0.05) is 31.5 Å². The van der Waals surface area contributed by atoms with Crippen molar-refractivity contribution < 1.29 is 9.50 Å². The summed E-state index contributed by atoms with van der Waals surface area (Å²) >= 11 is 7.45. The monoisotopic (exact) mass is 292 g/mol. The van der Waals surface area contributed by atoms with Gasteiger partial charge in [-0.3, -0.25) is 0 Å². The maximum Gasteiger partial charge on any atom is 0.169 e. The van der Waals surface area contributed by atoms with E-state index >= 15 is 0 Å². The zero-order valence-corrected chi connectivity index (χ0v) is 12.2. The normalized spacial score (nSPS) is 10.7. The molecule has 1 N–H and O–H groups in total. The van der Waals surface area contributed by atoms with Crippen LogP contribution in [0.25, 0.3) is 0 Å². The van der Waals surface area contributed by atoms with Crippen molar-refractivity contribution in [1.29, 1.82) is 0 Å². The molecule has 0 saturated carbocycles.